The molecule has 0 aromatic heterocycles. The summed E-state index contributed by atoms with van der Waals surface area (Å²) in [7, 11) is 0. The van der Waals surface area contributed by atoms with Crippen molar-refractivity contribution < 1.29 is 13.6 Å². The molecule has 88 valence electrons. The molecular weight excluding hydrogens is 212 g/mol. The van der Waals surface area contributed by atoms with E-state index < -0.39 is 17.0 Å². The van der Waals surface area contributed by atoms with Crippen molar-refractivity contribution in [1.82, 2.24) is 0 Å². The SMILES string of the molecule is CC(C)(CN)C(=O)Cc1cc(F)ccc1F. The molecule has 0 heterocycles. The van der Waals surface area contributed by atoms with Crippen molar-refractivity contribution in [3.05, 3.63) is 35.4 Å². The fourth-order valence-electron chi connectivity index (χ4n) is 1.20. The minimum Gasteiger partial charge on any atom is -0.329 e. The zero-order valence-electron chi connectivity index (χ0n) is 9.39. The lowest BCUT2D eigenvalue weighted by molar-refractivity contribution is -0.126. The Morgan fingerprint density at radius 1 is 1.38 bits per heavy atom. The molecule has 16 heavy (non-hydrogen) atoms. The van der Waals surface area contributed by atoms with Crippen LogP contribution in [0, 0.1) is 17.0 Å². The largest absolute Gasteiger partial charge is 0.329 e. The Kier molecular flexibility index (Phi) is 3.75. The Morgan fingerprint density at radius 2 is 2.00 bits per heavy atom. The molecule has 1 rings (SSSR count). The molecule has 0 aliphatic carbocycles. The van der Waals surface area contributed by atoms with E-state index in [1.165, 1.54) is 0 Å². The highest BCUT2D eigenvalue weighted by molar-refractivity contribution is 5.86. The van der Waals surface area contributed by atoms with Crippen LogP contribution in [0.2, 0.25) is 0 Å². The fourth-order valence-corrected chi connectivity index (χ4v) is 1.20. The lowest BCUT2D eigenvalue weighted by atomic mass is 9.85. The van der Waals surface area contributed by atoms with Gasteiger partial charge in [-0.15, -0.1) is 0 Å². The molecule has 2 nitrogen and oxygen atoms in total. The Labute approximate surface area is 93.5 Å². The summed E-state index contributed by atoms with van der Waals surface area (Å²) in [4.78, 5) is 11.8. The predicted octanol–water partition coefficient (Wildman–Crippen LogP) is 2.06. The number of rotatable bonds is 4. The number of ketones is 1. The monoisotopic (exact) mass is 227 g/mol. The van der Waals surface area contributed by atoms with E-state index in [1.54, 1.807) is 13.8 Å². The quantitative estimate of drug-likeness (QED) is 0.855. The number of carbonyl (C=O) groups excluding carboxylic acids is 1. The average molecular weight is 227 g/mol. The molecule has 0 bridgehead atoms. The second-order valence-electron chi connectivity index (χ2n) is 4.42. The van der Waals surface area contributed by atoms with Crippen molar-refractivity contribution in [2.75, 3.05) is 6.54 Å². The lowest BCUT2D eigenvalue weighted by Crippen LogP contribution is -2.34. The molecule has 0 saturated carbocycles. The smallest absolute Gasteiger partial charge is 0.144 e. The van der Waals surface area contributed by atoms with Crippen molar-refractivity contribution >= 4 is 5.78 Å². The molecule has 0 amide bonds. The molecule has 1 aromatic carbocycles. The maximum atomic E-state index is 13.3. The van der Waals surface area contributed by atoms with Gasteiger partial charge in [0, 0.05) is 18.4 Å². The van der Waals surface area contributed by atoms with E-state index in [2.05, 4.69) is 0 Å². The number of hydrogen-bond donors (Lipinski definition) is 1. The minimum absolute atomic E-state index is 0.0755. The van der Waals surface area contributed by atoms with E-state index in [1.807, 2.05) is 0 Å². The third kappa shape index (κ3) is 2.85. The molecule has 0 unspecified atom stereocenters. The molecule has 2 N–H and O–H groups in total. The van der Waals surface area contributed by atoms with E-state index in [-0.39, 0.29) is 24.3 Å². The van der Waals surface area contributed by atoms with Gasteiger partial charge in [0.05, 0.1) is 0 Å². The van der Waals surface area contributed by atoms with Crippen LogP contribution in [0.15, 0.2) is 18.2 Å². The van der Waals surface area contributed by atoms with Gasteiger partial charge >= 0.3 is 0 Å². The van der Waals surface area contributed by atoms with Crippen LogP contribution in [0.1, 0.15) is 19.4 Å². The highest BCUT2D eigenvalue weighted by atomic mass is 19.1. The van der Waals surface area contributed by atoms with Gasteiger partial charge in [-0.3, -0.25) is 4.79 Å². The topological polar surface area (TPSA) is 43.1 Å². The van der Waals surface area contributed by atoms with E-state index in [9.17, 15) is 13.6 Å². The van der Waals surface area contributed by atoms with Crippen LogP contribution in [-0.4, -0.2) is 12.3 Å². The zero-order valence-corrected chi connectivity index (χ0v) is 9.39. The predicted molar refractivity (Wildman–Crippen MR) is 57.9 cm³/mol. The Morgan fingerprint density at radius 3 is 2.56 bits per heavy atom. The van der Waals surface area contributed by atoms with Crippen LogP contribution < -0.4 is 5.73 Å². The van der Waals surface area contributed by atoms with E-state index in [0.717, 1.165) is 18.2 Å². The summed E-state index contributed by atoms with van der Waals surface area (Å²) in [5, 5.41) is 0. The summed E-state index contributed by atoms with van der Waals surface area (Å²) in [5.74, 6) is -1.31. The van der Waals surface area contributed by atoms with Crippen LogP contribution in [0.4, 0.5) is 8.78 Å². The minimum atomic E-state index is -0.710. The van der Waals surface area contributed by atoms with Crippen LogP contribution in [0.3, 0.4) is 0 Å². The molecule has 0 atom stereocenters. The number of Topliss-reactive ketones (excluding diaryl/α,β-unsaturated/α-hetero) is 1. The van der Waals surface area contributed by atoms with Crippen LogP contribution >= 0.6 is 0 Å². The van der Waals surface area contributed by atoms with Crippen molar-refractivity contribution in [2.45, 2.75) is 20.3 Å². The zero-order chi connectivity index (χ0) is 12.3. The van der Waals surface area contributed by atoms with Crippen molar-refractivity contribution in [2.24, 2.45) is 11.1 Å². The van der Waals surface area contributed by atoms with E-state index in [4.69, 9.17) is 5.73 Å². The molecule has 0 spiro atoms. The summed E-state index contributed by atoms with van der Waals surface area (Å²) >= 11 is 0. The van der Waals surface area contributed by atoms with Gasteiger partial charge in [0.15, 0.2) is 0 Å². The summed E-state index contributed by atoms with van der Waals surface area (Å²) in [5.41, 5.74) is 4.81. The third-order valence-electron chi connectivity index (χ3n) is 2.62. The maximum absolute atomic E-state index is 13.3. The first-order valence-electron chi connectivity index (χ1n) is 5.04. The number of carbonyl (C=O) groups is 1. The molecular formula is C12H15F2NO. The van der Waals surface area contributed by atoms with Gasteiger partial charge < -0.3 is 5.73 Å². The molecule has 4 heteroatoms. The molecule has 0 fully saturated rings. The first-order valence-corrected chi connectivity index (χ1v) is 5.04. The van der Waals surface area contributed by atoms with Crippen LogP contribution in [-0.2, 0) is 11.2 Å². The van der Waals surface area contributed by atoms with Gasteiger partial charge in [0.25, 0.3) is 0 Å². The third-order valence-corrected chi connectivity index (χ3v) is 2.62. The first-order chi connectivity index (χ1) is 7.36. The molecule has 0 saturated heterocycles. The van der Waals surface area contributed by atoms with Crippen molar-refractivity contribution in [3.63, 3.8) is 0 Å². The van der Waals surface area contributed by atoms with Gasteiger partial charge in [-0.1, -0.05) is 13.8 Å². The number of nitrogens with two attached hydrogens (primary N) is 1. The molecule has 0 radical (unpaired) electrons. The lowest BCUT2D eigenvalue weighted by Gasteiger charge is -2.20. The van der Waals surface area contributed by atoms with Crippen LogP contribution in [0.5, 0.6) is 0 Å². The van der Waals surface area contributed by atoms with E-state index in [0.29, 0.717) is 0 Å². The van der Waals surface area contributed by atoms with Gasteiger partial charge in [-0.2, -0.15) is 0 Å². The Hall–Kier alpha value is -1.29. The normalized spacial score (nSPS) is 11.6. The number of benzene rings is 1. The Bertz CT molecular complexity index is 402. The summed E-state index contributed by atoms with van der Waals surface area (Å²) in [6.07, 6.45) is -0.131. The molecule has 0 aliphatic heterocycles. The Balaban J connectivity index is 2.89. The summed E-state index contributed by atoms with van der Waals surface area (Å²) in [6, 6.07) is 3.09. The van der Waals surface area contributed by atoms with Gasteiger partial charge in [0.2, 0.25) is 0 Å². The van der Waals surface area contributed by atoms with Gasteiger partial charge in [0.1, 0.15) is 17.4 Å². The van der Waals surface area contributed by atoms with Crippen molar-refractivity contribution in [1.29, 1.82) is 0 Å². The second-order valence-corrected chi connectivity index (χ2v) is 4.42. The molecule has 1 aromatic rings. The average Bonchev–Trinajstić information content (AvgIpc) is 2.23. The highest BCUT2D eigenvalue weighted by Crippen LogP contribution is 2.19. The van der Waals surface area contributed by atoms with Gasteiger partial charge in [-0.25, -0.2) is 8.78 Å². The van der Waals surface area contributed by atoms with Crippen LogP contribution in [0.25, 0.3) is 0 Å². The molecule has 0 aliphatic rings. The number of halogens is 2. The number of hydrogen-bond acceptors (Lipinski definition) is 2. The van der Waals surface area contributed by atoms with Crippen molar-refractivity contribution in [3.8, 4) is 0 Å². The summed E-state index contributed by atoms with van der Waals surface area (Å²) in [6.45, 7) is 3.56. The first kappa shape index (κ1) is 12.8. The second kappa shape index (κ2) is 4.70. The van der Waals surface area contributed by atoms with Gasteiger partial charge in [-0.05, 0) is 23.8 Å². The van der Waals surface area contributed by atoms with E-state index >= 15 is 0 Å². The summed E-state index contributed by atoms with van der Waals surface area (Å²) < 4.78 is 26.1. The highest BCUT2D eigenvalue weighted by Gasteiger charge is 2.26. The fraction of sp³-hybridized carbons (Fsp3) is 0.417. The maximum Gasteiger partial charge on any atom is 0.144 e. The standard InChI is InChI=1S/C12H15F2NO/c1-12(2,7-15)11(16)6-8-5-9(13)3-4-10(8)14/h3-5H,6-7,15H2,1-2H3.